The number of hydrogen-bond acceptors (Lipinski definition) is 6. The van der Waals surface area contributed by atoms with E-state index in [0.29, 0.717) is 33.5 Å². The van der Waals surface area contributed by atoms with Crippen LogP contribution in [0.2, 0.25) is 0 Å². The maximum Gasteiger partial charge on any atom is 0.222 e. The highest BCUT2D eigenvalue weighted by Gasteiger charge is 2.22. The van der Waals surface area contributed by atoms with E-state index in [1.807, 2.05) is 0 Å². The molecule has 1 aliphatic rings. The molecule has 0 atom stereocenters. The normalized spacial score (nSPS) is 13.1. The number of anilines is 1. The predicted molar refractivity (Wildman–Crippen MR) is 99.1 cm³/mol. The zero-order chi connectivity index (χ0) is 19.8. The van der Waals surface area contributed by atoms with Gasteiger partial charge in [0.05, 0.1) is 18.7 Å². The summed E-state index contributed by atoms with van der Waals surface area (Å²) >= 11 is 0. The first kappa shape index (κ1) is 17.9. The molecule has 2 N–H and O–H groups in total. The molecular formula is C19H16FN3O5. The number of amides is 1. The molecule has 0 aliphatic carbocycles. The lowest BCUT2D eigenvalue weighted by atomic mass is 10.1. The van der Waals surface area contributed by atoms with Gasteiger partial charge in [-0.2, -0.15) is 0 Å². The number of rotatable bonds is 4. The topological polar surface area (TPSA) is 102 Å². The zero-order valence-corrected chi connectivity index (χ0v) is 14.9. The first-order valence-corrected chi connectivity index (χ1v) is 8.46. The number of halogens is 1. The fourth-order valence-electron chi connectivity index (χ4n) is 3.39. The Kier molecular flexibility index (Phi) is 4.44. The lowest BCUT2D eigenvalue weighted by Crippen LogP contribution is -2.14. The number of carbonyl (C=O) groups is 1. The maximum atomic E-state index is 14.1. The molecule has 0 saturated carbocycles. The standard InChI is InChI=1S/C19H16FN3O5/c1-10(24)21-14-2-3-15-16(6-14)23(19(25)17(15)22-26)7-11-4-13(20)5-12-8-27-9-28-18(11)12/h2-6,25H,7-9H2,1H3,(H,21,24). The maximum absolute atomic E-state index is 14.1. The van der Waals surface area contributed by atoms with Crippen molar-refractivity contribution in [3.63, 3.8) is 0 Å². The number of benzene rings is 2. The zero-order valence-electron chi connectivity index (χ0n) is 14.9. The number of fused-ring (bicyclic) bond motifs is 2. The quantitative estimate of drug-likeness (QED) is 0.666. The molecule has 0 bridgehead atoms. The number of nitroso groups, excluding NO2 is 1. The fourth-order valence-corrected chi connectivity index (χ4v) is 3.39. The highest BCUT2D eigenvalue weighted by atomic mass is 19.1. The van der Waals surface area contributed by atoms with E-state index in [9.17, 15) is 19.2 Å². The molecule has 144 valence electrons. The van der Waals surface area contributed by atoms with Gasteiger partial charge in [0.25, 0.3) is 0 Å². The Morgan fingerprint density at radius 1 is 1.36 bits per heavy atom. The van der Waals surface area contributed by atoms with E-state index >= 15 is 0 Å². The Balaban J connectivity index is 1.86. The Labute approximate surface area is 158 Å². The van der Waals surface area contributed by atoms with Crippen LogP contribution in [0, 0.1) is 10.7 Å². The number of aromatic nitrogens is 1. The minimum atomic E-state index is -0.466. The molecular weight excluding hydrogens is 369 g/mol. The van der Waals surface area contributed by atoms with Crippen LogP contribution in [0.3, 0.4) is 0 Å². The molecule has 2 heterocycles. The van der Waals surface area contributed by atoms with E-state index < -0.39 is 5.82 Å². The van der Waals surface area contributed by atoms with Gasteiger partial charge in [0.2, 0.25) is 11.8 Å². The van der Waals surface area contributed by atoms with Crippen LogP contribution in [0.4, 0.5) is 15.8 Å². The summed E-state index contributed by atoms with van der Waals surface area (Å²) in [6.45, 7) is 1.66. The van der Waals surface area contributed by atoms with E-state index in [2.05, 4.69) is 10.5 Å². The second-order valence-corrected chi connectivity index (χ2v) is 6.43. The molecule has 4 rings (SSSR count). The average Bonchev–Trinajstić information content (AvgIpc) is 2.92. The van der Waals surface area contributed by atoms with Crippen molar-refractivity contribution >= 4 is 28.2 Å². The van der Waals surface area contributed by atoms with Crippen LogP contribution >= 0.6 is 0 Å². The van der Waals surface area contributed by atoms with Crippen LogP contribution < -0.4 is 10.1 Å². The lowest BCUT2D eigenvalue weighted by Gasteiger charge is -2.21. The minimum absolute atomic E-state index is 0.0292. The third-order valence-corrected chi connectivity index (χ3v) is 4.50. The fraction of sp³-hybridized carbons (Fsp3) is 0.211. The molecule has 9 heteroatoms. The molecule has 1 aromatic heterocycles. The van der Waals surface area contributed by atoms with Crippen LogP contribution in [0.5, 0.6) is 11.6 Å². The van der Waals surface area contributed by atoms with Gasteiger partial charge >= 0.3 is 0 Å². The summed E-state index contributed by atoms with van der Waals surface area (Å²) in [6.07, 6.45) is 0. The third-order valence-electron chi connectivity index (χ3n) is 4.50. The van der Waals surface area contributed by atoms with Gasteiger partial charge in [-0.3, -0.25) is 4.79 Å². The van der Waals surface area contributed by atoms with Crippen molar-refractivity contribution in [1.29, 1.82) is 0 Å². The highest BCUT2D eigenvalue weighted by Crippen LogP contribution is 2.41. The summed E-state index contributed by atoms with van der Waals surface area (Å²) in [4.78, 5) is 22.6. The molecule has 0 spiro atoms. The molecule has 8 nitrogen and oxygen atoms in total. The van der Waals surface area contributed by atoms with Crippen molar-refractivity contribution in [3.05, 3.63) is 52.2 Å². The van der Waals surface area contributed by atoms with Gasteiger partial charge in [0.15, 0.2) is 12.5 Å². The largest absolute Gasteiger partial charge is 0.493 e. The first-order chi connectivity index (χ1) is 13.5. The van der Waals surface area contributed by atoms with Gasteiger partial charge in [-0.15, -0.1) is 4.91 Å². The van der Waals surface area contributed by atoms with Crippen molar-refractivity contribution < 1.29 is 23.8 Å². The molecule has 0 radical (unpaired) electrons. The number of nitrogens with zero attached hydrogens (tertiary/aromatic N) is 2. The van der Waals surface area contributed by atoms with Crippen molar-refractivity contribution in [3.8, 4) is 11.6 Å². The second-order valence-electron chi connectivity index (χ2n) is 6.43. The molecule has 2 aromatic carbocycles. The summed E-state index contributed by atoms with van der Waals surface area (Å²) in [7, 11) is 0. The molecule has 3 aromatic rings. The molecule has 0 unspecified atom stereocenters. The van der Waals surface area contributed by atoms with E-state index in [-0.39, 0.29) is 37.4 Å². The highest BCUT2D eigenvalue weighted by molar-refractivity contribution is 5.99. The molecule has 28 heavy (non-hydrogen) atoms. The minimum Gasteiger partial charge on any atom is -0.493 e. The predicted octanol–water partition coefficient (Wildman–Crippen LogP) is 3.76. The number of aromatic hydroxyl groups is 1. The Morgan fingerprint density at radius 3 is 2.93 bits per heavy atom. The summed E-state index contributed by atoms with van der Waals surface area (Å²) in [5.41, 5.74) is 1.86. The number of ether oxygens (including phenoxy) is 2. The summed E-state index contributed by atoms with van der Waals surface area (Å²) in [5.74, 6) is -0.600. The number of hydrogen-bond donors (Lipinski definition) is 2. The van der Waals surface area contributed by atoms with Crippen molar-refractivity contribution in [1.82, 2.24) is 4.57 Å². The van der Waals surface area contributed by atoms with Gasteiger partial charge in [-0.05, 0) is 35.5 Å². The smallest absolute Gasteiger partial charge is 0.222 e. The van der Waals surface area contributed by atoms with E-state index in [1.54, 1.807) is 18.2 Å². The van der Waals surface area contributed by atoms with Gasteiger partial charge in [0.1, 0.15) is 11.6 Å². The van der Waals surface area contributed by atoms with Gasteiger partial charge in [0, 0.05) is 29.1 Å². The third kappa shape index (κ3) is 3.05. The van der Waals surface area contributed by atoms with Gasteiger partial charge in [-0.25, -0.2) is 4.39 Å². The first-order valence-electron chi connectivity index (χ1n) is 8.46. The Bertz CT molecular complexity index is 1110. The average molecular weight is 385 g/mol. The van der Waals surface area contributed by atoms with Gasteiger partial charge in [-0.1, -0.05) is 0 Å². The van der Waals surface area contributed by atoms with Gasteiger partial charge < -0.3 is 24.5 Å². The SMILES string of the molecule is CC(=O)Nc1ccc2c(N=O)c(O)n(Cc3cc(F)cc4c3OCOC4)c2c1. The molecule has 1 amide bonds. The number of nitrogens with one attached hydrogen (secondary N) is 1. The summed E-state index contributed by atoms with van der Waals surface area (Å²) < 4.78 is 26.2. The summed E-state index contributed by atoms with van der Waals surface area (Å²) in [6, 6.07) is 7.44. The van der Waals surface area contributed by atoms with Crippen LogP contribution in [0.25, 0.3) is 10.9 Å². The Hall–Kier alpha value is -3.46. The second kappa shape index (κ2) is 6.93. The van der Waals surface area contributed by atoms with Crippen molar-refractivity contribution in [2.24, 2.45) is 5.18 Å². The van der Waals surface area contributed by atoms with E-state index in [0.717, 1.165) is 0 Å². The van der Waals surface area contributed by atoms with Crippen LogP contribution in [0.1, 0.15) is 18.1 Å². The number of carbonyl (C=O) groups excluding carboxylic acids is 1. The Morgan fingerprint density at radius 2 is 2.18 bits per heavy atom. The molecule has 0 fully saturated rings. The van der Waals surface area contributed by atoms with Crippen molar-refractivity contribution in [2.75, 3.05) is 12.1 Å². The van der Waals surface area contributed by atoms with Crippen LogP contribution in [-0.4, -0.2) is 22.4 Å². The molecule has 0 saturated heterocycles. The van der Waals surface area contributed by atoms with Crippen LogP contribution in [-0.2, 0) is 22.7 Å². The van der Waals surface area contributed by atoms with E-state index in [4.69, 9.17) is 9.47 Å². The lowest BCUT2D eigenvalue weighted by molar-refractivity contribution is -0.114. The molecule has 1 aliphatic heterocycles. The monoisotopic (exact) mass is 385 g/mol. The summed E-state index contributed by atoms with van der Waals surface area (Å²) in [5, 5.41) is 16.5. The van der Waals surface area contributed by atoms with E-state index in [1.165, 1.54) is 23.6 Å². The van der Waals surface area contributed by atoms with Crippen molar-refractivity contribution in [2.45, 2.75) is 20.1 Å². The van der Waals surface area contributed by atoms with Crippen LogP contribution in [0.15, 0.2) is 35.5 Å².